The molecule has 2 amide bonds. The number of anilines is 2. The van der Waals surface area contributed by atoms with Crippen LogP contribution in [0.5, 0.6) is 0 Å². The van der Waals surface area contributed by atoms with Crippen molar-refractivity contribution in [1.29, 1.82) is 0 Å². The van der Waals surface area contributed by atoms with Crippen molar-refractivity contribution in [2.24, 2.45) is 0 Å². The Morgan fingerprint density at radius 1 is 0.919 bits per heavy atom. The van der Waals surface area contributed by atoms with Gasteiger partial charge in [-0.1, -0.05) is 54.9 Å². The lowest BCUT2D eigenvalue weighted by atomic mass is 10.2. The van der Waals surface area contributed by atoms with Crippen LogP contribution in [-0.2, 0) is 14.3 Å². The zero-order valence-electron chi connectivity index (χ0n) is 20.6. The number of likely N-dealkylation sites (N-methyl/N-ethyl adjacent to an activating group) is 1. The molecule has 3 aromatic carbocycles. The Labute approximate surface area is 225 Å². The monoisotopic (exact) mass is 534 g/mol. The highest BCUT2D eigenvalue weighted by Gasteiger charge is 2.42. The molecule has 0 N–H and O–H groups in total. The molecular formula is C29H27ClN2O4S. The lowest BCUT2D eigenvalue weighted by molar-refractivity contribution is -0.120. The van der Waals surface area contributed by atoms with Crippen molar-refractivity contribution < 1.29 is 19.1 Å². The molecule has 0 aromatic heterocycles. The Morgan fingerprint density at radius 2 is 1.59 bits per heavy atom. The van der Waals surface area contributed by atoms with E-state index in [9.17, 15) is 14.4 Å². The molecule has 3 aromatic rings. The molecule has 4 rings (SSSR count). The number of benzene rings is 3. The van der Waals surface area contributed by atoms with Gasteiger partial charge >= 0.3 is 5.97 Å². The Kier molecular flexibility index (Phi) is 8.69. The molecule has 8 heteroatoms. The van der Waals surface area contributed by atoms with E-state index in [1.807, 2.05) is 61.2 Å². The fraction of sp³-hybridized carbons (Fsp3) is 0.207. The third-order valence-corrected chi connectivity index (χ3v) is 7.13. The van der Waals surface area contributed by atoms with E-state index < -0.39 is 17.8 Å². The molecule has 0 aliphatic carbocycles. The van der Waals surface area contributed by atoms with Gasteiger partial charge in [0.2, 0.25) is 0 Å². The normalized spacial score (nSPS) is 13.3. The van der Waals surface area contributed by atoms with Gasteiger partial charge in [-0.15, -0.1) is 0 Å². The molecule has 0 saturated heterocycles. The lowest BCUT2D eigenvalue weighted by Crippen LogP contribution is -2.35. The van der Waals surface area contributed by atoms with Crippen molar-refractivity contribution in [1.82, 2.24) is 0 Å². The smallest absolute Gasteiger partial charge is 0.338 e. The summed E-state index contributed by atoms with van der Waals surface area (Å²) in [6.45, 7) is 4.79. The highest BCUT2D eigenvalue weighted by molar-refractivity contribution is 8.04. The van der Waals surface area contributed by atoms with Crippen LogP contribution < -0.4 is 9.80 Å². The third-order valence-electron chi connectivity index (χ3n) is 5.80. The van der Waals surface area contributed by atoms with E-state index in [0.29, 0.717) is 40.0 Å². The van der Waals surface area contributed by atoms with E-state index in [1.54, 1.807) is 36.4 Å². The number of halogens is 1. The maximum atomic E-state index is 13.8. The Balaban J connectivity index is 1.68. The largest absolute Gasteiger partial charge is 0.462 e. The number of hydrogen-bond donors (Lipinski definition) is 0. The van der Waals surface area contributed by atoms with Crippen LogP contribution in [0.1, 0.15) is 37.0 Å². The van der Waals surface area contributed by atoms with Crippen molar-refractivity contribution in [2.75, 3.05) is 23.0 Å². The molecule has 0 spiro atoms. The molecule has 1 aliphatic rings. The minimum Gasteiger partial charge on any atom is -0.462 e. The average molecular weight is 535 g/mol. The van der Waals surface area contributed by atoms with Crippen LogP contribution in [0, 0.1) is 0 Å². The van der Waals surface area contributed by atoms with E-state index in [4.69, 9.17) is 16.3 Å². The zero-order valence-corrected chi connectivity index (χ0v) is 22.2. The molecular weight excluding hydrogens is 508 g/mol. The predicted octanol–water partition coefficient (Wildman–Crippen LogP) is 6.70. The van der Waals surface area contributed by atoms with Gasteiger partial charge in [0.1, 0.15) is 10.6 Å². The van der Waals surface area contributed by atoms with E-state index in [-0.39, 0.29) is 0 Å². The molecule has 1 aliphatic heterocycles. The SMILES string of the molecule is CCCCOC(=O)c1ccc(N2C(=O)C(Sc3ccc(Cl)cc3)=C(N(CC)c3ccccc3)C2=O)cc1. The highest BCUT2D eigenvalue weighted by atomic mass is 35.5. The first kappa shape index (κ1) is 26.5. The number of amides is 2. The third kappa shape index (κ3) is 5.89. The first-order chi connectivity index (χ1) is 17.9. The van der Waals surface area contributed by atoms with Crippen LogP contribution in [0.4, 0.5) is 11.4 Å². The number of para-hydroxylation sites is 1. The zero-order chi connectivity index (χ0) is 26.4. The number of nitrogens with zero attached hydrogens (tertiary/aromatic N) is 2. The molecule has 37 heavy (non-hydrogen) atoms. The summed E-state index contributed by atoms with van der Waals surface area (Å²) in [6.07, 6.45) is 1.72. The fourth-order valence-corrected chi connectivity index (χ4v) is 5.01. The number of esters is 1. The summed E-state index contributed by atoms with van der Waals surface area (Å²) in [6, 6.07) is 22.9. The maximum absolute atomic E-state index is 13.8. The van der Waals surface area contributed by atoms with Crippen molar-refractivity contribution in [2.45, 2.75) is 31.6 Å². The summed E-state index contributed by atoms with van der Waals surface area (Å²) in [5, 5.41) is 0.585. The van der Waals surface area contributed by atoms with Gasteiger partial charge in [-0.05, 0) is 74.0 Å². The van der Waals surface area contributed by atoms with Gasteiger partial charge in [0.15, 0.2) is 0 Å². The van der Waals surface area contributed by atoms with Gasteiger partial charge in [-0.25, -0.2) is 9.69 Å². The summed E-state index contributed by atoms with van der Waals surface area (Å²) >= 11 is 7.27. The topological polar surface area (TPSA) is 66.9 Å². The van der Waals surface area contributed by atoms with Gasteiger partial charge < -0.3 is 9.64 Å². The van der Waals surface area contributed by atoms with Crippen LogP contribution in [0.2, 0.25) is 5.02 Å². The first-order valence-corrected chi connectivity index (χ1v) is 13.3. The van der Waals surface area contributed by atoms with E-state index >= 15 is 0 Å². The second-order valence-corrected chi connectivity index (χ2v) is 9.82. The van der Waals surface area contributed by atoms with E-state index in [1.165, 1.54) is 11.8 Å². The van der Waals surface area contributed by atoms with Gasteiger partial charge in [0, 0.05) is 22.2 Å². The van der Waals surface area contributed by atoms with Crippen LogP contribution >= 0.6 is 23.4 Å². The molecule has 0 unspecified atom stereocenters. The minimum absolute atomic E-state index is 0.307. The summed E-state index contributed by atoms with van der Waals surface area (Å²) in [4.78, 5) is 44.0. The van der Waals surface area contributed by atoms with Gasteiger partial charge in [-0.2, -0.15) is 0 Å². The Morgan fingerprint density at radius 3 is 2.22 bits per heavy atom. The molecule has 0 saturated carbocycles. The molecule has 6 nitrogen and oxygen atoms in total. The predicted molar refractivity (Wildman–Crippen MR) is 148 cm³/mol. The van der Waals surface area contributed by atoms with Crippen LogP contribution in [-0.4, -0.2) is 30.9 Å². The summed E-state index contributed by atoms with van der Waals surface area (Å²) in [5.41, 5.74) is 1.86. The average Bonchev–Trinajstić information content (AvgIpc) is 3.15. The number of unbranched alkanes of at least 4 members (excludes halogenated alkanes) is 1. The molecule has 190 valence electrons. The van der Waals surface area contributed by atoms with E-state index in [0.717, 1.165) is 28.3 Å². The molecule has 0 bridgehead atoms. The quantitative estimate of drug-likeness (QED) is 0.164. The number of ether oxygens (including phenoxy) is 1. The number of imide groups is 1. The summed E-state index contributed by atoms with van der Waals surface area (Å²) < 4.78 is 5.27. The minimum atomic E-state index is -0.432. The Hall–Kier alpha value is -3.55. The second kappa shape index (κ2) is 12.1. The number of rotatable bonds is 10. The van der Waals surface area contributed by atoms with Crippen LogP contribution in [0.25, 0.3) is 0 Å². The molecule has 1 heterocycles. The number of carbonyl (C=O) groups is 3. The second-order valence-electron chi connectivity index (χ2n) is 8.30. The van der Waals surface area contributed by atoms with E-state index in [2.05, 4.69) is 0 Å². The molecule has 0 radical (unpaired) electrons. The number of thioether (sulfide) groups is 1. The van der Waals surface area contributed by atoms with Crippen molar-refractivity contribution >= 4 is 52.5 Å². The van der Waals surface area contributed by atoms with Crippen LogP contribution in [0.15, 0.2) is 94.4 Å². The molecule has 0 fully saturated rings. The summed E-state index contributed by atoms with van der Waals surface area (Å²) in [7, 11) is 0. The van der Waals surface area contributed by atoms with Crippen molar-refractivity contribution in [3.05, 3.63) is 100 Å². The Bertz CT molecular complexity index is 1310. The van der Waals surface area contributed by atoms with Gasteiger partial charge in [0.05, 0.1) is 17.9 Å². The number of carbonyl (C=O) groups excluding carboxylic acids is 3. The van der Waals surface area contributed by atoms with Crippen molar-refractivity contribution in [3.63, 3.8) is 0 Å². The first-order valence-electron chi connectivity index (χ1n) is 12.1. The van der Waals surface area contributed by atoms with Gasteiger partial charge in [0.25, 0.3) is 11.8 Å². The highest BCUT2D eigenvalue weighted by Crippen LogP contribution is 2.40. The standard InChI is InChI=1S/C29H27ClN2O4S/c1-3-5-19-36-29(35)20-11-15-23(16-12-20)32-27(33)25(31(4-2)22-9-7-6-8-10-22)26(28(32)34)37-24-17-13-21(30)14-18-24/h6-18H,3-5,19H2,1-2H3. The van der Waals surface area contributed by atoms with Crippen molar-refractivity contribution in [3.8, 4) is 0 Å². The number of hydrogen-bond acceptors (Lipinski definition) is 6. The fourth-order valence-electron chi connectivity index (χ4n) is 3.90. The molecule has 0 atom stereocenters. The lowest BCUT2D eigenvalue weighted by Gasteiger charge is -2.24. The van der Waals surface area contributed by atoms with Gasteiger partial charge in [-0.3, -0.25) is 9.59 Å². The maximum Gasteiger partial charge on any atom is 0.338 e. The summed E-state index contributed by atoms with van der Waals surface area (Å²) in [5.74, 6) is -1.28. The van der Waals surface area contributed by atoms with Crippen LogP contribution in [0.3, 0.4) is 0 Å².